The number of esters is 2. The molecule has 1 aliphatic rings. The van der Waals surface area contributed by atoms with Crippen molar-refractivity contribution in [3.05, 3.63) is 119 Å². The van der Waals surface area contributed by atoms with Crippen molar-refractivity contribution in [3.8, 4) is 11.5 Å². The van der Waals surface area contributed by atoms with Gasteiger partial charge in [-0.1, -0.05) is 31.2 Å². The Labute approximate surface area is 228 Å². The first-order valence-electron chi connectivity index (χ1n) is 13.2. The highest BCUT2D eigenvalue weighted by Crippen LogP contribution is 2.47. The van der Waals surface area contributed by atoms with Gasteiger partial charge in [0.2, 0.25) is 0 Å². The van der Waals surface area contributed by atoms with Crippen molar-refractivity contribution in [3.63, 3.8) is 0 Å². The van der Waals surface area contributed by atoms with Crippen LogP contribution < -0.4 is 20.9 Å². The van der Waals surface area contributed by atoms with Gasteiger partial charge in [0.25, 0.3) is 0 Å². The maximum absolute atomic E-state index is 12.5. The van der Waals surface area contributed by atoms with Crippen molar-refractivity contribution >= 4 is 23.3 Å². The van der Waals surface area contributed by atoms with Crippen molar-refractivity contribution in [1.82, 2.24) is 0 Å². The van der Waals surface area contributed by atoms with E-state index in [9.17, 15) is 9.59 Å². The number of nitrogens with two attached hydrogens (primary N) is 2. The van der Waals surface area contributed by atoms with E-state index in [2.05, 4.69) is 31.2 Å². The van der Waals surface area contributed by atoms with Crippen LogP contribution in [-0.2, 0) is 5.41 Å². The summed E-state index contributed by atoms with van der Waals surface area (Å²) in [5.41, 5.74) is 15.7. The number of anilines is 2. The monoisotopic (exact) mass is 520 g/mol. The molecule has 0 spiro atoms. The largest absolute Gasteiger partial charge is 0.423 e. The van der Waals surface area contributed by atoms with Crippen LogP contribution in [0.5, 0.6) is 11.5 Å². The number of nitrogen functional groups attached to an aromatic ring is 2. The first-order valence-corrected chi connectivity index (χ1v) is 13.2. The normalized spacial score (nSPS) is 14.9. The Hall–Kier alpha value is -4.58. The maximum atomic E-state index is 12.5. The lowest BCUT2D eigenvalue weighted by atomic mass is 9.63. The van der Waals surface area contributed by atoms with Crippen LogP contribution in [-0.4, -0.2) is 11.9 Å². The van der Waals surface area contributed by atoms with E-state index in [-0.39, 0.29) is 5.41 Å². The highest BCUT2D eigenvalue weighted by molar-refractivity contribution is 5.92. The van der Waals surface area contributed by atoms with Gasteiger partial charge in [-0.15, -0.1) is 0 Å². The van der Waals surface area contributed by atoms with Gasteiger partial charge in [0.05, 0.1) is 11.1 Å². The minimum absolute atomic E-state index is 0.175. The summed E-state index contributed by atoms with van der Waals surface area (Å²) in [6, 6.07) is 29.0. The molecule has 1 aliphatic carbocycles. The lowest BCUT2D eigenvalue weighted by molar-refractivity contribution is 0.0725. The summed E-state index contributed by atoms with van der Waals surface area (Å²) in [6.45, 7) is 2.30. The third kappa shape index (κ3) is 5.80. The second-order valence-electron chi connectivity index (χ2n) is 10.3. The quantitative estimate of drug-likeness (QED) is 0.165. The van der Waals surface area contributed by atoms with Gasteiger partial charge in [-0.2, -0.15) is 0 Å². The lowest BCUT2D eigenvalue weighted by Crippen LogP contribution is -2.32. The molecule has 4 aromatic carbocycles. The molecule has 0 amide bonds. The highest BCUT2D eigenvalue weighted by Gasteiger charge is 2.37. The van der Waals surface area contributed by atoms with Crippen LogP contribution in [0.4, 0.5) is 11.4 Å². The average Bonchev–Trinajstić information content (AvgIpc) is 2.95. The van der Waals surface area contributed by atoms with Crippen molar-refractivity contribution in [1.29, 1.82) is 0 Å². The highest BCUT2D eigenvalue weighted by atomic mass is 16.5. The van der Waals surface area contributed by atoms with Gasteiger partial charge in [-0.05, 0) is 116 Å². The molecule has 6 heteroatoms. The Kier molecular flexibility index (Phi) is 7.37. The maximum Gasteiger partial charge on any atom is 0.343 e. The zero-order valence-corrected chi connectivity index (χ0v) is 21.9. The summed E-state index contributed by atoms with van der Waals surface area (Å²) in [6.07, 6.45) is 4.23. The predicted molar refractivity (Wildman–Crippen MR) is 153 cm³/mol. The van der Waals surface area contributed by atoms with E-state index < -0.39 is 11.9 Å². The molecule has 0 heterocycles. The van der Waals surface area contributed by atoms with Crippen molar-refractivity contribution < 1.29 is 19.1 Å². The molecule has 0 aromatic heterocycles. The van der Waals surface area contributed by atoms with E-state index in [1.807, 2.05) is 24.3 Å². The Bertz CT molecular complexity index is 1330. The van der Waals surface area contributed by atoms with Crippen LogP contribution in [0.15, 0.2) is 97.1 Å². The van der Waals surface area contributed by atoms with Gasteiger partial charge in [0, 0.05) is 16.8 Å². The molecule has 1 saturated carbocycles. The standard InChI is InChI=1S/C33H32N2O4/c1-22-18-20-33(21-19-22,25-6-14-29(15-7-25)38-31(36)23-2-10-27(34)11-3-23)26-8-16-30(17-9-26)39-32(37)24-4-12-28(35)13-5-24/h2-17,22H,18-21,34-35H2,1H3. The smallest absolute Gasteiger partial charge is 0.343 e. The van der Waals surface area contributed by atoms with Gasteiger partial charge in [0.15, 0.2) is 0 Å². The van der Waals surface area contributed by atoms with Crippen LogP contribution in [0.1, 0.15) is 64.4 Å². The molecule has 0 atom stereocenters. The molecule has 39 heavy (non-hydrogen) atoms. The van der Waals surface area contributed by atoms with Crippen LogP contribution in [0.2, 0.25) is 0 Å². The Morgan fingerprint density at radius 1 is 0.615 bits per heavy atom. The number of carbonyl (C=O) groups excluding carboxylic acids is 2. The van der Waals surface area contributed by atoms with E-state index in [1.54, 1.807) is 48.5 Å². The fraction of sp³-hybridized carbons (Fsp3) is 0.212. The number of hydrogen-bond acceptors (Lipinski definition) is 6. The number of rotatable bonds is 6. The summed E-state index contributed by atoms with van der Waals surface area (Å²) >= 11 is 0. The Balaban J connectivity index is 1.35. The van der Waals surface area contributed by atoms with E-state index >= 15 is 0 Å². The van der Waals surface area contributed by atoms with Crippen molar-refractivity contribution in [2.45, 2.75) is 38.0 Å². The van der Waals surface area contributed by atoms with E-state index in [0.29, 0.717) is 39.9 Å². The molecule has 0 unspecified atom stereocenters. The Morgan fingerprint density at radius 3 is 1.33 bits per heavy atom. The first-order chi connectivity index (χ1) is 18.8. The molecule has 4 aromatic rings. The number of hydrogen-bond donors (Lipinski definition) is 2. The van der Waals surface area contributed by atoms with Gasteiger partial charge >= 0.3 is 11.9 Å². The second-order valence-corrected chi connectivity index (χ2v) is 10.3. The van der Waals surface area contributed by atoms with Crippen LogP contribution >= 0.6 is 0 Å². The van der Waals surface area contributed by atoms with E-state index in [1.165, 1.54) is 11.1 Å². The van der Waals surface area contributed by atoms with Gasteiger partial charge < -0.3 is 20.9 Å². The number of carbonyl (C=O) groups is 2. The van der Waals surface area contributed by atoms with Gasteiger partial charge in [-0.3, -0.25) is 0 Å². The number of ether oxygens (including phenoxy) is 2. The summed E-state index contributed by atoms with van der Waals surface area (Å²) < 4.78 is 11.2. The molecule has 1 fully saturated rings. The molecular formula is C33H32N2O4. The molecule has 4 N–H and O–H groups in total. The summed E-state index contributed by atoms with van der Waals surface area (Å²) in [5.74, 6) is 0.800. The minimum Gasteiger partial charge on any atom is -0.423 e. The summed E-state index contributed by atoms with van der Waals surface area (Å²) in [4.78, 5) is 25.1. The van der Waals surface area contributed by atoms with Crippen molar-refractivity contribution in [2.24, 2.45) is 5.92 Å². The molecular weight excluding hydrogens is 488 g/mol. The zero-order chi connectivity index (χ0) is 27.4. The first kappa shape index (κ1) is 26.0. The van der Waals surface area contributed by atoms with Gasteiger partial charge in [0.1, 0.15) is 11.5 Å². The Morgan fingerprint density at radius 2 is 0.974 bits per heavy atom. The van der Waals surface area contributed by atoms with Gasteiger partial charge in [-0.25, -0.2) is 9.59 Å². The third-order valence-corrected chi connectivity index (χ3v) is 7.66. The third-order valence-electron chi connectivity index (χ3n) is 7.66. The molecule has 6 nitrogen and oxygen atoms in total. The minimum atomic E-state index is -0.423. The number of benzene rings is 4. The topological polar surface area (TPSA) is 105 Å². The lowest BCUT2D eigenvalue weighted by Gasteiger charge is -2.40. The zero-order valence-electron chi connectivity index (χ0n) is 21.9. The molecule has 5 rings (SSSR count). The second kappa shape index (κ2) is 11.0. The summed E-state index contributed by atoms with van der Waals surface area (Å²) in [7, 11) is 0. The molecule has 0 radical (unpaired) electrons. The fourth-order valence-corrected chi connectivity index (χ4v) is 5.25. The molecule has 198 valence electrons. The molecule has 0 bridgehead atoms. The SMILES string of the molecule is CC1CCC(c2ccc(OC(=O)c3ccc(N)cc3)cc2)(c2ccc(OC(=O)c3ccc(N)cc3)cc2)CC1. The van der Waals surface area contributed by atoms with E-state index in [0.717, 1.165) is 25.7 Å². The van der Waals surface area contributed by atoms with Crippen LogP contribution in [0.3, 0.4) is 0 Å². The van der Waals surface area contributed by atoms with Crippen LogP contribution in [0, 0.1) is 5.92 Å². The average molecular weight is 521 g/mol. The summed E-state index contributed by atoms with van der Waals surface area (Å²) in [5, 5.41) is 0. The molecule has 0 saturated heterocycles. The van der Waals surface area contributed by atoms with E-state index in [4.69, 9.17) is 20.9 Å². The molecule has 0 aliphatic heterocycles. The fourth-order valence-electron chi connectivity index (χ4n) is 5.25. The predicted octanol–water partition coefficient (Wildman–Crippen LogP) is 6.79. The van der Waals surface area contributed by atoms with Crippen molar-refractivity contribution in [2.75, 3.05) is 11.5 Å². The van der Waals surface area contributed by atoms with Crippen LogP contribution in [0.25, 0.3) is 0 Å².